The molecule has 1 aromatic carbocycles. The van der Waals surface area contributed by atoms with E-state index in [0.717, 1.165) is 0 Å². The molecule has 0 amide bonds. The van der Waals surface area contributed by atoms with Crippen molar-refractivity contribution in [3.05, 3.63) is 48.6 Å². The number of cyclic esters (lactones) is 1. The summed E-state index contributed by atoms with van der Waals surface area (Å²) < 4.78 is 15.1. The Labute approximate surface area is 140 Å². The number of hydrogen-bond acceptors (Lipinski definition) is 6. The fourth-order valence-electron chi connectivity index (χ4n) is 3.12. The molecular formula is C18H20O6. The molecule has 1 saturated heterocycles. The van der Waals surface area contributed by atoms with Gasteiger partial charge >= 0.3 is 17.9 Å². The van der Waals surface area contributed by atoms with Gasteiger partial charge < -0.3 is 14.2 Å². The minimum Gasteiger partial charge on any atom is -0.468 e. The third-order valence-electron chi connectivity index (χ3n) is 4.13. The van der Waals surface area contributed by atoms with E-state index >= 15 is 0 Å². The van der Waals surface area contributed by atoms with Gasteiger partial charge in [-0.15, -0.1) is 6.58 Å². The summed E-state index contributed by atoms with van der Waals surface area (Å²) in [5.74, 6) is -3.10. The molecule has 1 aliphatic heterocycles. The van der Waals surface area contributed by atoms with E-state index < -0.39 is 35.3 Å². The first-order chi connectivity index (χ1) is 11.5. The number of ether oxygens (including phenoxy) is 3. The van der Waals surface area contributed by atoms with Gasteiger partial charge in [0.2, 0.25) is 6.10 Å². The van der Waals surface area contributed by atoms with E-state index in [1.54, 1.807) is 37.3 Å². The molecule has 128 valence electrons. The average molecular weight is 332 g/mol. The SMILES string of the molecule is C=CC[C@]1(C(=O)OC)C(=O)O[C@@H](C(=O)OCC)[C@H]1c1ccccc1. The highest BCUT2D eigenvalue weighted by molar-refractivity contribution is 6.05. The lowest BCUT2D eigenvalue weighted by Gasteiger charge is -2.28. The molecule has 0 spiro atoms. The van der Waals surface area contributed by atoms with Crippen molar-refractivity contribution >= 4 is 17.9 Å². The number of allylic oxidation sites excluding steroid dienone is 1. The molecule has 2 rings (SSSR count). The molecule has 1 fully saturated rings. The van der Waals surface area contributed by atoms with Gasteiger partial charge in [0.05, 0.1) is 19.6 Å². The van der Waals surface area contributed by atoms with Crippen molar-refractivity contribution in [2.24, 2.45) is 5.41 Å². The lowest BCUT2D eigenvalue weighted by Crippen LogP contribution is -2.43. The van der Waals surface area contributed by atoms with Crippen LogP contribution < -0.4 is 0 Å². The summed E-state index contributed by atoms with van der Waals surface area (Å²) in [4.78, 5) is 37.4. The van der Waals surface area contributed by atoms with Crippen LogP contribution >= 0.6 is 0 Å². The van der Waals surface area contributed by atoms with Crippen molar-refractivity contribution in [1.82, 2.24) is 0 Å². The quantitative estimate of drug-likeness (QED) is 0.343. The largest absolute Gasteiger partial charge is 0.468 e. The molecule has 0 aliphatic carbocycles. The number of benzene rings is 1. The van der Waals surface area contributed by atoms with E-state index in [2.05, 4.69) is 6.58 Å². The molecular weight excluding hydrogens is 312 g/mol. The van der Waals surface area contributed by atoms with Crippen molar-refractivity contribution in [3.8, 4) is 0 Å². The highest BCUT2D eigenvalue weighted by Crippen LogP contribution is 2.50. The Morgan fingerprint density at radius 1 is 1.33 bits per heavy atom. The van der Waals surface area contributed by atoms with Crippen LogP contribution in [0.1, 0.15) is 24.8 Å². The van der Waals surface area contributed by atoms with E-state index in [4.69, 9.17) is 14.2 Å². The Kier molecular flexibility index (Phi) is 5.39. The van der Waals surface area contributed by atoms with Crippen molar-refractivity contribution in [1.29, 1.82) is 0 Å². The molecule has 24 heavy (non-hydrogen) atoms. The first kappa shape index (κ1) is 17.7. The Morgan fingerprint density at radius 2 is 2.00 bits per heavy atom. The number of rotatable bonds is 6. The van der Waals surface area contributed by atoms with Gasteiger partial charge in [-0.2, -0.15) is 0 Å². The molecule has 0 N–H and O–H groups in total. The van der Waals surface area contributed by atoms with Crippen LogP contribution in [0.5, 0.6) is 0 Å². The van der Waals surface area contributed by atoms with Crippen molar-refractivity contribution in [3.63, 3.8) is 0 Å². The number of methoxy groups -OCH3 is 1. The summed E-state index contributed by atoms with van der Waals surface area (Å²) in [7, 11) is 1.19. The summed E-state index contributed by atoms with van der Waals surface area (Å²) in [5, 5.41) is 0. The van der Waals surface area contributed by atoms with Crippen LogP contribution in [0, 0.1) is 5.41 Å². The number of hydrogen-bond donors (Lipinski definition) is 0. The first-order valence-electron chi connectivity index (χ1n) is 7.64. The van der Waals surface area contributed by atoms with Gasteiger partial charge in [-0.25, -0.2) is 4.79 Å². The minimum atomic E-state index is -1.66. The van der Waals surface area contributed by atoms with Gasteiger partial charge in [-0.05, 0) is 18.9 Å². The molecule has 0 aromatic heterocycles. The van der Waals surface area contributed by atoms with Crippen molar-refractivity contribution in [2.75, 3.05) is 13.7 Å². The van der Waals surface area contributed by atoms with Crippen molar-refractivity contribution in [2.45, 2.75) is 25.4 Å². The monoisotopic (exact) mass is 332 g/mol. The van der Waals surface area contributed by atoms with Crippen molar-refractivity contribution < 1.29 is 28.6 Å². The van der Waals surface area contributed by atoms with Gasteiger partial charge in [0, 0.05) is 0 Å². The highest BCUT2D eigenvalue weighted by atomic mass is 16.6. The van der Waals surface area contributed by atoms with Crippen LogP contribution in [-0.4, -0.2) is 37.7 Å². The van der Waals surface area contributed by atoms with Crippen LogP contribution in [-0.2, 0) is 28.6 Å². The standard InChI is InChI=1S/C18H20O6/c1-4-11-18(16(20)22-3)13(12-9-7-6-8-10-12)14(24-17(18)21)15(19)23-5-2/h4,6-10,13-14H,1,5,11H2,2-3H3/t13-,14-,18+/m1/s1. The van der Waals surface area contributed by atoms with E-state index in [9.17, 15) is 14.4 Å². The minimum absolute atomic E-state index is 0.00598. The molecule has 0 radical (unpaired) electrons. The van der Waals surface area contributed by atoms with Gasteiger partial charge in [0.15, 0.2) is 5.41 Å². The van der Waals surface area contributed by atoms with E-state index in [-0.39, 0.29) is 13.0 Å². The normalized spacial score (nSPS) is 25.7. The first-order valence-corrected chi connectivity index (χ1v) is 7.64. The molecule has 1 aromatic rings. The second-order valence-corrected chi connectivity index (χ2v) is 5.42. The third kappa shape index (κ3) is 2.79. The predicted octanol–water partition coefficient (Wildman–Crippen LogP) is 1.99. The Bertz CT molecular complexity index is 638. The zero-order chi connectivity index (χ0) is 17.7. The Balaban J connectivity index is 2.62. The lowest BCUT2D eigenvalue weighted by molar-refractivity contribution is -0.167. The number of esters is 3. The van der Waals surface area contributed by atoms with Gasteiger partial charge in [0.1, 0.15) is 0 Å². The summed E-state index contributed by atoms with van der Waals surface area (Å²) in [6.07, 6.45) is 0.231. The molecule has 6 nitrogen and oxygen atoms in total. The Morgan fingerprint density at radius 3 is 2.54 bits per heavy atom. The van der Waals surface area contributed by atoms with E-state index in [0.29, 0.717) is 5.56 Å². The molecule has 1 heterocycles. The smallest absolute Gasteiger partial charge is 0.348 e. The van der Waals surface area contributed by atoms with Gasteiger partial charge in [-0.3, -0.25) is 9.59 Å². The fourth-order valence-corrected chi connectivity index (χ4v) is 3.12. The Hall–Kier alpha value is -2.63. The summed E-state index contributed by atoms with van der Waals surface area (Å²) in [6, 6.07) is 8.79. The van der Waals surface area contributed by atoms with Gasteiger partial charge in [0.25, 0.3) is 0 Å². The summed E-state index contributed by atoms with van der Waals surface area (Å²) in [5.41, 5.74) is -1.04. The molecule has 0 saturated carbocycles. The van der Waals surface area contributed by atoms with E-state index in [1.165, 1.54) is 13.2 Å². The summed E-state index contributed by atoms with van der Waals surface area (Å²) in [6.45, 7) is 5.42. The number of carbonyl (C=O) groups excluding carboxylic acids is 3. The second-order valence-electron chi connectivity index (χ2n) is 5.42. The second kappa shape index (κ2) is 7.29. The van der Waals surface area contributed by atoms with Crippen LogP contribution in [0.3, 0.4) is 0 Å². The average Bonchev–Trinajstić information content (AvgIpc) is 2.89. The molecule has 0 bridgehead atoms. The lowest BCUT2D eigenvalue weighted by atomic mass is 9.69. The van der Waals surface area contributed by atoms with Crippen LogP contribution in [0.25, 0.3) is 0 Å². The zero-order valence-electron chi connectivity index (χ0n) is 13.7. The maximum absolute atomic E-state index is 12.6. The maximum Gasteiger partial charge on any atom is 0.348 e. The molecule has 3 atom stereocenters. The highest BCUT2D eigenvalue weighted by Gasteiger charge is 2.65. The fraction of sp³-hybridized carbons (Fsp3) is 0.389. The zero-order valence-corrected chi connectivity index (χ0v) is 13.7. The number of carbonyl (C=O) groups is 3. The molecule has 1 aliphatic rings. The van der Waals surface area contributed by atoms with Crippen LogP contribution in [0.2, 0.25) is 0 Å². The van der Waals surface area contributed by atoms with Crippen LogP contribution in [0.4, 0.5) is 0 Å². The topological polar surface area (TPSA) is 78.9 Å². The van der Waals surface area contributed by atoms with Gasteiger partial charge in [-0.1, -0.05) is 36.4 Å². The predicted molar refractivity (Wildman–Crippen MR) is 85.0 cm³/mol. The van der Waals surface area contributed by atoms with Crippen LogP contribution in [0.15, 0.2) is 43.0 Å². The summed E-state index contributed by atoms with van der Waals surface area (Å²) >= 11 is 0. The third-order valence-corrected chi connectivity index (χ3v) is 4.13. The molecule has 0 unspecified atom stereocenters. The van der Waals surface area contributed by atoms with E-state index in [1.807, 2.05) is 0 Å². The molecule has 6 heteroatoms. The maximum atomic E-state index is 12.6.